The molecule has 214 valence electrons. The van der Waals surface area contributed by atoms with Crippen molar-refractivity contribution in [3.63, 3.8) is 0 Å². The molecule has 7 aromatic rings. The van der Waals surface area contributed by atoms with Gasteiger partial charge in [0.2, 0.25) is 0 Å². The van der Waals surface area contributed by atoms with Crippen LogP contribution in [0.3, 0.4) is 0 Å². The zero-order chi connectivity index (χ0) is 30.3. The van der Waals surface area contributed by atoms with E-state index in [0.29, 0.717) is 0 Å². The first-order valence-corrected chi connectivity index (χ1v) is 15.2. The fraction of sp³-hybridized carbons (Fsp3) is 0.0952. The molecule has 0 aliphatic heterocycles. The van der Waals surface area contributed by atoms with Crippen molar-refractivity contribution in [2.75, 3.05) is 11.1 Å². The molecule has 0 amide bonds. The summed E-state index contributed by atoms with van der Waals surface area (Å²) < 4.78 is 0. The highest BCUT2D eigenvalue weighted by molar-refractivity contribution is 6.16. The van der Waals surface area contributed by atoms with E-state index in [-0.39, 0.29) is 5.41 Å². The quantitative estimate of drug-likeness (QED) is 0.164. The van der Waals surface area contributed by atoms with Crippen LogP contribution in [0.15, 0.2) is 146 Å². The van der Waals surface area contributed by atoms with Crippen LogP contribution in [-0.2, 0) is 5.41 Å². The van der Waals surface area contributed by atoms with Gasteiger partial charge in [0.15, 0.2) is 0 Å². The lowest BCUT2D eigenvalue weighted by atomic mass is 9.80. The third-order valence-electron chi connectivity index (χ3n) is 9.07. The molecule has 0 radical (unpaired) electrons. The fourth-order valence-electron chi connectivity index (χ4n) is 6.79. The van der Waals surface area contributed by atoms with Crippen LogP contribution in [-0.4, -0.2) is 0 Å². The highest BCUT2D eigenvalue weighted by Gasteiger charge is 2.35. The van der Waals surface area contributed by atoms with Gasteiger partial charge in [0, 0.05) is 11.1 Å². The molecule has 2 nitrogen and oxygen atoms in total. The Labute approximate surface area is 259 Å². The second kappa shape index (κ2) is 11.1. The SMILES string of the molecule is Cc1c2ccccc2c(-c2ccccc2)c2cc3c(cc12)C(C)(C)c1ccccc1-3.Nc1ccccc1Nc1ccccc1. The molecule has 0 aromatic heterocycles. The van der Waals surface area contributed by atoms with Gasteiger partial charge >= 0.3 is 0 Å². The number of anilines is 3. The van der Waals surface area contributed by atoms with E-state index < -0.39 is 0 Å². The summed E-state index contributed by atoms with van der Waals surface area (Å²) in [6.45, 7) is 7.00. The van der Waals surface area contributed by atoms with Gasteiger partial charge in [0.25, 0.3) is 0 Å². The molecular formula is C42H36N2. The molecule has 0 bridgehead atoms. The maximum Gasteiger partial charge on any atom is 0.0617 e. The van der Waals surface area contributed by atoms with Gasteiger partial charge in [0.1, 0.15) is 0 Å². The zero-order valence-corrected chi connectivity index (χ0v) is 25.4. The number of nitrogens with two attached hydrogens (primary N) is 1. The van der Waals surface area contributed by atoms with Crippen LogP contribution in [0.25, 0.3) is 43.8 Å². The van der Waals surface area contributed by atoms with Crippen LogP contribution in [0.2, 0.25) is 0 Å². The van der Waals surface area contributed by atoms with Gasteiger partial charge in [-0.2, -0.15) is 0 Å². The Balaban J connectivity index is 0.000000187. The van der Waals surface area contributed by atoms with Gasteiger partial charge < -0.3 is 11.1 Å². The smallest absolute Gasteiger partial charge is 0.0617 e. The summed E-state index contributed by atoms with van der Waals surface area (Å²) in [5.41, 5.74) is 18.2. The average Bonchev–Trinajstić information content (AvgIpc) is 3.28. The second-order valence-electron chi connectivity index (χ2n) is 12.1. The van der Waals surface area contributed by atoms with Crippen molar-refractivity contribution in [2.45, 2.75) is 26.2 Å². The fourth-order valence-corrected chi connectivity index (χ4v) is 6.79. The first kappa shape index (κ1) is 27.5. The minimum atomic E-state index is 0.0190. The Bertz CT molecular complexity index is 2130. The van der Waals surface area contributed by atoms with E-state index in [1.807, 2.05) is 54.6 Å². The molecule has 1 aliphatic carbocycles. The van der Waals surface area contributed by atoms with Crippen LogP contribution in [0, 0.1) is 6.92 Å². The summed E-state index contributed by atoms with van der Waals surface area (Å²) >= 11 is 0. The first-order chi connectivity index (χ1) is 21.4. The Morgan fingerprint density at radius 2 is 1.14 bits per heavy atom. The van der Waals surface area contributed by atoms with E-state index in [9.17, 15) is 0 Å². The second-order valence-corrected chi connectivity index (χ2v) is 12.1. The molecule has 7 aromatic carbocycles. The van der Waals surface area contributed by atoms with Crippen LogP contribution >= 0.6 is 0 Å². The minimum Gasteiger partial charge on any atom is -0.397 e. The van der Waals surface area contributed by atoms with E-state index in [4.69, 9.17) is 5.73 Å². The number of para-hydroxylation sites is 3. The number of nitrogens with one attached hydrogen (secondary N) is 1. The molecule has 0 spiro atoms. The van der Waals surface area contributed by atoms with E-state index in [0.717, 1.165) is 17.1 Å². The molecule has 0 heterocycles. The third-order valence-corrected chi connectivity index (χ3v) is 9.07. The molecule has 0 fully saturated rings. The van der Waals surface area contributed by atoms with Gasteiger partial charge in [-0.3, -0.25) is 0 Å². The number of nitrogen functional groups attached to an aromatic ring is 1. The summed E-state index contributed by atoms with van der Waals surface area (Å²) in [6.07, 6.45) is 0. The number of aryl methyl sites for hydroxylation is 1. The maximum atomic E-state index is 5.81. The molecule has 44 heavy (non-hydrogen) atoms. The molecular weight excluding hydrogens is 532 g/mol. The largest absolute Gasteiger partial charge is 0.397 e. The van der Waals surface area contributed by atoms with Crippen LogP contribution in [0.5, 0.6) is 0 Å². The number of rotatable bonds is 3. The highest BCUT2D eigenvalue weighted by Crippen LogP contribution is 2.51. The van der Waals surface area contributed by atoms with Crippen LogP contribution in [0.4, 0.5) is 17.1 Å². The van der Waals surface area contributed by atoms with E-state index in [1.54, 1.807) is 0 Å². The van der Waals surface area contributed by atoms with Crippen molar-refractivity contribution in [2.24, 2.45) is 0 Å². The number of hydrogen-bond acceptors (Lipinski definition) is 2. The zero-order valence-electron chi connectivity index (χ0n) is 25.4. The standard InChI is InChI=1S/C30H24.C12H12N2/c1-19-21-13-7-8-15-23(21)29(20-11-5-4-6-12-20)26-17-25-22-14-9-10-16-27(22)30(2,3)28(25)18-24(19)26;13-11-8-4-5-9-12(11)14-10-6-2-1-3-7-10/h4-18H,1-3H3;1-9,14H,13H2. The molecule has 3 N–H and O–H groups in total. The summed E-state index contributed by atoms with van der Waals surface area (Å²) in [6, 6.07) is 51.2. The van der Waals surface area contributed by atoms with E-state index in [2.05, 4.69) is 117 Å². The van der Waals surface area contributed by atoms with Crippen LogP contribution < -0.4 is 11.1 Å². The van der Waals surface area contributed by atoms with Crippen molar-refractivity contribution >= 4 is 38.6 Å². The van der Waals surface area contributed by atoms with Crippen molar-refractivity contribution in [1.82, 2.24) is 0 Å². The molecule has 0 unspecified atom stereocenters. The van der Waals surface area contributed by atoms with Gasteiger partial charge in [0.05, 0.1) is 11.4 Å². The normalized spacial score (nSPS) is 12.7. The Morgan fingerprint density at radius 1 is 0.523 bits per heavy atom. The molecule has 8 rings (SSSR count). The maximum absolute atomic E-state index is 5.81. The topological polar surface area (TPSA) is 38.0 Å². The summed E-state index contributed by atoms with van der Waals surface area (Å²) in [4.78, 5) is 0. The number of fused-ring (bicyclic) bond motifs is 5. The van der Waals surface area contributed by atoms with Crippen LogP contribution in [0.1, 0.15) is 30.5 Å². The van der Waals surface area contributed by atoms with Crippen molar-refractivity contribution < 1.29 is 0 Å². The van der Waals surface area contributed by atoms with E-state index >= 15 is 0 Å². The summed E-state index contributed by atoms with van der Waals surface area (Å²) in [7, 11) is 0. The monoisotopic (exact) mass is 568 g/mol. The van der Waals surface area contributed by atoms with Crippen molar-refractivity contribution in [1.29, 1.82) is 0 Å². The molecule has 0 saturated heterocycles. The predicted molar refractivity (Wildman–Crippen MR) is 190 cm³/mol. The van der Waals surface area contributed by atoms with Crippen molar-refractivity contribution in [3.8, 4) is 22.3 Å². The number of benzene rings is 7. The minimum absolute atomic E-state index is 0.0190. The van der Waals surface area contributed by atoms with Gasteiger partial charge in [-0.15, -0.1) is 0 Å². The summed E-state index contributed by atoms with van der Waals surface area (Å²) in [5.74, 6) is 0. The van der Waals surface area contributed by atoms with Gasteiger partial charge in [-0.1, -0.05) is 123 Å². The predicted octanol–water partition coefficient (Wildman–Crippen LogP) is 11.3. The summed E-state index contributed by atoms with van der Waals surface area (Å²) in [5, 5.41) is 8.64. The average molecular weight is 569 g/mol. The lowest BCUT2D eigenvalue weighted by molar-refractivity contribution is 0.661. The van der Waals surface area contributed by atoms with E-state index in [1.165, 1.54) is 60.5 Å². The van der Waals surface area contributed by atoms with Gasteiger partial charge in [-0.05, 0) is 104 Å². The Morgan fingerprint density at radius 3 is 1.89 bits per heavy atom. The molecule has 1 aliphatic rings. The highest BCUT2D eigenvalue weighted by atomic mass is 14.9. The molecule has 0 atom stereocenters. The Kier molecular flexibility index (Phi) is 6.91. The first-order valence-electron chi connectivity index (χ1n) is 15.2. The molecule has 0 saturated carbocycles. The number of hydrogen-bond donors (Lipinski definition) is 2. The van der Waals surface area contributed by atoms with Crippen molar-refractivity contribution in [3.05, 3.63) is 162 Å². The van der Waals surface area contributed by atoms with Gasteiger partial charge in [-0.25, -0.2) is 0 Å². The molecule has 2 heteroatoms. The Hall–Kier alpha value is -5.34. The third kappa shape index (κ3) is 4.69. The lowest BCUT2D eigenvalue weighted by Crippen LogP contribution is -2.14. The lowest BCUT2D eigenvalue weighted by Gasteiger charge is -2.23.